The first-order chi connectivity index (χ1) is 33.2. The van der Waals surface area contributed by atoms with E-state index in [2.05, 4.69) is 73.1 Å². The third-order valence-corrected chi connectivity index (χ3v) is 17.3. The van der Waals surface area contributed by atoms with E-state index in [1.54, 1.807) is 23.5 Å². The molecule has 3 aromatic rings. The van der Waals surface area contributed by atoms with E-state index in [1.165, 1.54) is 42.1 Å². The minimum atomic E-state index is -0.675. The number of alkyl carbamates (subject to hydrolysis) is 2. The fraction of sp³-hybridized carbons (Fsp3) is 0.615. The number of allylic oxidation sites excluding steroid dienone is 4. The van der Waals surface area contributed by atoms with Crippen LogP contribution in [0, 0.1) is 17.8 Å². The SMILES string of the molecule is COC(=O)N[C@@H](CCSC)C(=O)N1C2CCCCC2C[C@H]1c1nc(C2=CC3=C(c4c[nH]c([C@@H]5CC6CCCCC6N5C(=O)[C@H](CCSC)NC(=O)OC)n4)C[C@@H]2CCc2ccc(cc2)CC3)c[nH]1. The quantitative estimate of drug-likeness (QED) is 0.122. The molecule has 2 saturated heterocycles. The van der Waals surface area contributed by atoms with Crippen molar-refractivity contribution in [1.82, 2.24) is 40.4 Å². The number of amides is 4. The second kappa shape index (κ2) is 21.9. The van der Waals surface area contributed by atoms with Crippen molar-refractivity contribution >= 4 is 58.7 Å². The van der Waals surface area contributed by atoms with E-state index in [9.17, 15) is 19.2 Å². The molecule has 0 radical (unpaired) electrons. The van der Waals surface area contributed by atoms with Gasteiger partial charge in [0.25, 0.3) is 0 Å². The van der Waals surface area contributed by atoms with Gasteiger partial charge in [0, 0.05) is 24.5 Å². The molecule has 1 aromatic carbocycles. The number of benzene rings is 1. The van der Waals surface area contributed by atoms with Crippen LogP contribution < -0.4 is 10.6 Å². The number of methoxy groups -OCH3 is 2. The smallest absolute Gasteiger partial charge is 0.407 e. The van der Waals surface area contributed by atoms with Gasteiger partial charge in [-0.25, -0.2) is 19.6 Å². The number of carbonyl (C=O) groups excluding carboxylic acids is 4. The zero-order valence-corrected chi connectivity index (χ0v) is 41.9. The molecule has 4 N–H and O–H groups in total. The molecular formula is C52H70N8O6S2. The molecule has 0 spiro atoms. The molecule has 2 aliphatic heterocycles. The molecule has 4 unspecified atom stereocenters. The zero-order chi connectivity index (χ0) is 47.3. The summed E-state index contributed by atoms with van der Waals surface area (Å²) in [4.78, 5) is 76.5. The Balaban J connectivity index is 1.05. The van der Waals surface area contributed by atoms with Gasteiger partial charge in [0.05, 0.1) is 37.7 Å². The van der Waals surface area contributed by atoms with Gasteiger partial charge in [-0.15, -0.1) is 0 Å². The lowest BCUT2D eigenvalue weighted by atomic mass is 9.77. The van der Waals surface area contributed by atoms with Gasteiger partial charge in [-0.3, -0.25) is 9.59 Å². The summed E-state index contributed by atoms with van der Waals surface area (Å²) in [7, 11) is 2.68. The number of carbonyl (C=O) groups is 4. The van der Waals surface area contributed by atoms with Gasteiger partial charge in [-0.05, 0) is 153 Å². The maximum absolute atomic E-state index is 14.6. The minimum absolute atomic E-state index is 0.0531. The summed E-state index contributed by atoms with van der Waals surface area (Å²) in [6.45, 7) is 0. The monoisotopic (exact) mass is 966 g/mol. The van der Waals surface area contributed by atoms with Crippen molar-refractivity contribution in [1.29, 1.82) is 0 Å². The van der Waals surface area contributed by atoms with Gasteiger partial charge >= 0.3 is 12.2 Å². The number of nitrogens with one attached hydrogen (secondary N) is 4. The van der Waals surface area contributed by atoms with Crippen molar-refractivity contribution in [3.8, 4) is 0 Å². The first kappa shape index (κ1) is 48.3. The van der Waals surface area contributed by atoms with E-state index in [0.717, 1.165) is 131 Å². The predicted molar refractivity (Wildman–Crippen MR) is 268 cm³/mol. The Bertz CT molecular complexity index is 2350. The molecule has 7 aliphatic carbocycles. The fourth-order valence-electron chi connectivity index (χ4n) is 12.5. The molecule has 14 nitrogen and oxygen atoms in total. The van der Waals surface area contributed by atoms with E-state index in [-0.39, 0.29) is 41.9 Å². The van der Waals surface area contributed by atoms with Crippen LogP contribution in [0.3, 0.4) is 0 Å². The van der Waals surface area contributed by atoms with E-state index >= 15 is 0 Å². The lowest BCUT2D eigenvalue weighted by Gasteiger charge is -2.36. The number of imidazole rings is 2. The highest BCUT2D eigenvalue weighted by Gasteiger charge is 2.49. The minimum Gasteiger partial charge on any atom is -0.453 e. The Labute approximate surface area is 409 Å². The van der Waals surface area contributed by atoms with E-state index in [0.29, 0.717) is 24.7 Å². The molecule has 4 fully saturated rings. The van der Waals surface area contributed by atoms with E-state index < -0.39 is 24.3 Å². The molecule has 4 amide bonds. The van der Waals surface area contributed by atoms with E-state index in [1.807, 2.05) is 12.5 Å². The van der Waals surface area contributed by atoms with Crippen LogP contribution in [0.1, 0.15) is 143 Å². The van der Waals surface area contributed by atoms with Gasteiger partial charge in [-0.1, -0.05) is 56.0 Å². The number of hydrogen-bond donors (Lipinski definition) is 4. The first-order valence-electron chi connectivity index (χ1n) is 25.1. The number of nitrogens with zero attached hydrogens (tertiary/aromatic N) is 4. The standard InChI is InChI=1S/C52H70N8O6S2/c1-65-51(63)57-39(21-23-67-3)49(61)59-43-11-7-5-9-35(43)27-45(59)47-53-29-41(55-47)37-25-34-20-18-32-15-13-31(14-16-32)17-19-33(37)26-38(34)42-30-54-48(56-42)46-28-36-10-6-8-12-44(36)60(46)50(62)40(22-24-68-4)58-52(64)66-2/h13-16,25,29-30,33,35-36,39-40,43-46H,5-12,17-24,26-28H2,1-4H3,(H,53,55)(H,54,56)(H,57,63)(H,58,64)/t33-,35?,36?,39-,40-,43?,44?,45-,46-/m0/s1. The summed E-state index contributed by atoms with van der Waals surface area (Å²) < 4.78 is 9.95. The number of H-pyrrole nitrogens is 2. The van der Waals surface area contributed by atoms with Gasteiger partial charge in [0.1, 0.15) is 23.7 Å². The Morgan fingerprint density at radius 1 is 0.691 bits per heavy atom. The summed E-state index contributed by atoms with van der Waals surface area (Å²) in [5.41, 5.74) is 8.15. The zero-order valence-electron chi connectivity index (χ0n) is 40.2. The largest absolute Gasteiger partial charge is 0.453 e. The summed E-state index contributed by atoms with van der Waals surface area (Å²) in [5, 5.41) is 5.74. The summed E-state index contributed by atoms with van der Waals surface area (Å²) in [5.74, 6) is 3.92. The summed E-state index contributed by atoms with van der Waals surface area (Å²) in [6.07, 6.45) is 25.0. The van der Waals surface area contributed by atoms with Crippen molar-refractivity contribution < 1.29 is 28.7 Å². The number of aromatic amines is 2. The van der Waals surface area contributed by atoms with Crippen LogP contribution in [0.25, 0.3) is 11.1 Å². The number of thioether (sulfide) groups is 2. The molecule has 2 saturated carbocycles. The second-order valence-corrected chi connectivity index (χ2v) is 21.8. The van der Waals surface area contributed by atoms with Gasteiger partial charge in [-0.2, -0.15) is 23.5 Å². The second-order valence-electron chi connectivity index (χ2n) is 19.9. The highest BCUT2D eigenvalue weighted by atomic mass is 32.2. The molecule has 4 heterocycles. The number of fused-ring (bicyclic) bond motifs is 2. The number of hydrogen-bond acceptors (Lipinski definition) is 10. The Kier molecular flexibility index (Phi) is 15.6. The maximum atomic E-state index is 14.6. The highest BCUT2D eigenvalue weighted by molar-refractivity contribution is 7.98. The van der Waals surface area contributed by atoms with Crippen molar-refractivity contribution in [3.63, 3.8) is 0 Å². The van der Waals surface area contributed by atoms with Crippen molar-refractivity contribution in [2.75, 3.05) is 38.2 Å². The van der Waals surface area contributed by atoms with Crippen LogP contribution in [-0.2, 0) is 31.9 Å². The lowest BCUT2D eigenvalue weighted by Crippen LogP contribution is -2.52. The van der Waals surface area contributed by atoms with Gasteiger partial charge in [0.2, 0.25) is 11.8 Å². The third kappa shape index (κ3) is 10.3. The van der Waals surface area contributed by atoms with Crippen molar-refractivity contribution in [2.24, 2.45) is 17.8 Å². The van der Waals surface area contributed by atoms with E-state index in [4.69, 9.17) is 19.4 Å². The molecule has 9 atom stereocenters. The van der Waals surface area contributed by atoms with Crippen LogP contribution in [0.2, 0.25) is 0 Å². The first-order valence-corrected chi connectivity index (χ1v) is 27.9. The third-order valence-electron chi connectivity index (χ3n) is 16.0. The Hall–Kier alpha value is -4.70. The molecule has 2 aromatic heterocycles. The van der Waals surface area contributed by atoms with Crippen LogP contribution in [0.5, 0.6) is 0 Å². The lowest BCUT2D eigenvalue weighted by molar-refractivity contribution is -0.138. The van der Waals surface area contributed by atoms with Gasteiger partial charge < -0.3 is 39.9 Å². The topological polar surface area (TPSA) is 175 Å². The molecule has 366 valence electrons. The molecule has 16 heteroatoms. The van der Waals surface area contributed by atoms with Crippen molar-refractivity contribution in [2.45, 2.75) is 145 Å². The van der Waals surface area contributed by atoms with Crippen molar-refractivity contribution in [3.05, 3.63) is 82.5 Å². The fourth-order valence-corrected chi connectivity index (χ4v) is 13.5. The Morgan fingerprint density at radius 3 is 1.72 bits per heavy atom. The van der Waals surface area contributed by atoms with Crippen LogP contribution >= 0.6 is 23.5 Å². The van der Waals surface area contributed by atoms with Gasteiger partial charge in [0.15, 0.2) is 0 Å². The summed E-state index contributed by atoms with van der Waals surface area (Å²) in [6, 6.07) is 7.53. The molecule has 4 bridgehead atoms. The maximum Gasteiger partial charge on any atom is 0.407 e. The Morgan fingerprint density at radius 2 is 1.19 bits per heavy atom. The number of rotatable bonds is 14. The average molecular weight is 967 g/mol. The molecule has 68 heavy (non-hydrogen) atoms. The average Bonchev–Trinajstić information content (AvgIpc) is 4.19. The van der Waals surface area contributed by atoms with Crippen LogP contribution in [0.15, 0.2) is 48.3 Å². The molecule has 12 rings (SSSR count). The highest BCUT2D eigenvalue weighted by Crippen LogP contribution is 2.49. The molecule has 9 aliphatic rings. The molecular weight excluding hydrogens is 897 g/mol. The number of aromatic nitrogens is 4. The predicted octanol–water partition coefficient (Wildman–Crippen LogP) is 9.19. The summed E-state index contributed by atoms with van der Waals surface area (Å²) >= 11 is 3.32. The number of aryl methyl sites for hydroxylation is 2. The normalized spacial score (nSPS) is 26.5. The number of likely N-dealkylation sites (tertiary alicyclic amines) is 2. The number of ether oxygens (including phenoxy) is 2. The van der Waals surface area contributed by atoms with Crippen LogP contribution in [0.4, 0.5) is 9.59 Å². The van der Waals surface area contributed by atoms with Crippen LogP contribution in [-0.4, -0.2) is 116 Å².